The van der Waals surface area contributed by atoms with E-state index in [1.54, 1.807) is 0 Å². The van der Waals surface area contributed by atoms with Crippen LogP contribution in [0.2, 0.25) is 5.02 Å². The van der Waals surface area contributed by atoms with Gasteiger partial charge in [0, 0.05) is 11.1 Å². The number of rotatable bonds is 4. The maximum Gasteiger partial charge on any atom is 0.342 e. The zero-order valence-electron chi connectivity index (χ0n) is 13.3. The molecular formula is C17H22ClNO4. The molecule has 1 saturated carbocycles. The Kier molecular flexibility index (Phi) is 5.88. The lowest BCUT2D eigenvalue weighted by atomic mass is 9.78. The van der Waals surface area contributed by atoms with E-state index in [-0.39, 0.29) is 29.9 Å². The Hall–Kier alpha value is -1.75. The molecule has 2 rings (SSSR count). The molecular weight excluding hydrogens is 318 g/mol. The second kappa shape index (κ2) is 7.68. The Bertz CT molecular complexity index is 590. The van der Waals surface area contributed by atoms with Gasteiger partial charge in [-0.15, -0.1) is 0 Å². The van der Waals surface area contributed by atoms with E-state index in [4.69, 9.17) is 16.3 Å². The van der Waals surface area contributed by atoms with Crippen LogP contribution in [-0.2, 0) is 9.53 Å². The molecule has 1 amide bonds. The minimum Gasteiger partial charge on any atom is -0.507 e. The normalized spacial score (nSPS) is 24.0. The van der Waals surface area contributed by atoms with E-state index in [1.807, 2.05) is 0 Å². The fourth-order valence-corrected chi connectivity index (χ4v) is 3.09. The van der Waals surface area contributed by atoms with Crippen molar-refractivity contribution in [3.8, 4) is 5.75 Å². The van der Waals surface area contributed by atoms with Crippen LogP contribution in [0.4, 0.5) is 0 Å². The Balaban J connectivity index is 1.85. The third-order valence-corrected chi connectivity index (χ3v) is 4.80. The number of amides is 1. The molecule has 0 radical (unpaired) electrons. The van der Waals surface area contributed by atoms with E-state index in [2.05, 4.69) is 19.2 Å². The lowest BCUT2D eigenvalue weighted by Crippen LogP contribution is -2.45. The predicted molar refractivity (Wildman–Crippen MR) is 87.5 cm³/mol. The van der Waals surface area contributed by atoms with Gasteiger partial charge in [-0.2, -0.15) is 0 Å². The number of phenolic OH excluding ortho intramolecular Hbond substituents is 1. The van der Waals surface area contributed by atoms with Gasteiger partial charge in [0.05, 0.1) is 0 Å². The van der Waals surface area contributed by atoms with Gasteiger partial charge in [0.2, 0.25) is 0 Å². The smallest absolute Gasteiger partial charge is 0.342 e. The van der Waals surface area contributed by atoms with E-state index in [0.717, 1.165) is 12.8 Å². The lowest BCUT2D eigenvalue weighted by molar-refractivity contribution is -0.125. The molecule has 126 valence electrons. The van der Waals surface area contributed by atoms with E-state index >= 15 is 0 Å². The van der Waals surface area contributed by atoms with Gasteiger partial charge in [0.1, 0.15) is 11.3 Å². The highest BCUT2D eigenvalue weighted by Gasteiger charge is 2.28. The summed E-state index contributed by atoms with van der Waals surface area (Å²) in [6, 6.07) is 4.21. The van der Waals surface area contributed by atoms with Crippen LogP contribution in [0.25, 0.3) is 0 Å². The van der Waals surface area contributed by atoms with E-state index in [0.29, 0.717) is 16.9 Å². The van der Waals surface area contributed by atoms with Crippen molar-refractivity contribution in [2.75, 3.05) is 6.61 Å². The van der Waals surface area contributed by atoms with Crippen molar-refractivity contribution in [1.29, 1.82) is 0 Å². The molecule has 1 aromatic carbocycles. The summed E-state index contributed by atoms with van der Waals surface area (Å²) in [5, 5.41) is 12.9. The summed E-state index contributed by atoms with van der Waals surface area (Å²) in [5.74, 6) is -0.360. The average molecular weight is 340 g/mol. The summed E-state index contributed by atoms with van der Waals surface area (Å²) in [5.41, 5.74) is -0.0122. The summed E-state index contributed by atoms with van der Waals surface area (Å²) in [4.78, 5) is 23.9. The van der Waals surface area contributed by atoms with Crippen molar-refractivity contribution in [2.24, 2.45) is 11.8 Å². The van der Waals surface area contributed by atoms with Crippen LogP contribution in [0, 0.1) is 11.8 Å². The first-order valence-electron chi connectivity index (χ1n) is 7.83. The highest BCUT2D eigenvalue weighted by Crippen LogP contribution is 2.29. The first kappa shape index (κ1) is 17.6. The molecule has 1 fully saturated rings. The van der Waals surface area contributed by atoms with Gasteiger partial charge in [0.25, 0.3) is 5.91 Å². The van der Waals surface area contributed by atoms with Gasteiger partial charge in [-0.25, -0.2) is 4.79 Å². The number of phenols is 1. The van der Waals surface area contributed by atoms with Crippen molar-refractivity contribution in [3.05, 3.63) is 28.8 Å². The van der Waals surface area contributed by atoms with Gasteiger partial charge < -0.3 is 15.2 Å². The number of ether oxygens (including phenoxy) is 1. The van der Waals surface area contributed by atoms with Gasteiger partial charge >= 0.3 is 5.97 Å². The summed E-state index contributed by atoms with van der Waals surface area (Å²) < 4.78 is 4.96. The first-order valence-corrected chi connectivity index (χ1v) is 8.21. The van der Waals surface area contributed by atoms with Gasteiger partial charge in [-0.05, 0) is 36.5 Å². The number of benzene rings is 1. The zero-order valence-corrected chi connectivity index (χ0v) is 14.1. The largest absolute Gasteiger partial charge is 0.507 e. The molecule has 5 nitrogen and oxygen atoms in total. The summed E-state index contributed by atoms with van der Waals surface area (Å²) >= 11 is 5.71. The van der Waals surface area contributed by atoms with Crippen LogP contribution in [0.5, 0.6) is 5.75 Å². The summed E-state index contributed by atoms with van der Waals surface area (Å²) in [6.45, 7) is 3.96. The third-order valence-electron chi connectivity index (χ3n) is 4.57. The number of hydrogen-bond acceptors (Lipinski definition) is 4. The molecule has 3 atom stereocenters. The van der Waals surface area contributed by atoms with Crippen molar-refractivity contribution in [3.63, 3.8) is 0 Å². The Morgan fingerprint density at radius 3 is 2.78 bits per heavy atom. The number of esters is 1. The molecule has 0 heterocycles. The minimum absolute atomic E-state index is 0.0122. The Labute approximate surface area is 141 Å². The van der Waals surface area contributed by atoms with Gasteiger partial charge in [-0.1, -0.05) is 38.3 Å². The molecule has 0 aromatic heterocycles. The molecule has 0 bridgehead atoms. The standard InChI is InChI=1S/C17H22ClNO4/c1-10-4-3-5-14(11(10)2)19-16(21)9-23-17(22)13-7-6-12(18)8-15(13)20/h6-8,10-11,14,20H,3-5,9H2,1-2H3,(H,19,21)/t10-,11+,14+/m1/s1. The molecule has 2 N–H and O–H groups in total. The first-order chi connectivity index (χ1) is 10.9. The highest BCUT2D eigenvalue weighted by atomic mass is 35.5. The van der Waals surface area contributed by atoms with Crippen molar-refractivity contribution in [1.82, 2.24) is 5.32 Å². The van der Waals surface area contributed by atoms with Crippen LogP contribution >= 0.6 is 11.6 Å². The SMILES string of the molecule is C[C@H]1[C@H](C)CCC[C@@H]1NC(=O)COC(=O)c1ccc(Cl)cc1O. The molecule has 0 unspecified atom stereocenters. The molecule has 23 heavy (non-hydrogen) atoms. The number of carbonyl (C=O) groups is 2. The number of hydrogen-bond donors (Lipinski definition) is 2. The van der Waals surface area contributed by atoms with E-state index in [9.17, 15) is 14.7 Å². The topological polar surface area (TPSA) is 75.6 Å². The number of nitrogens with one attached hydrogen (secondary N) is 1. The van der Waals surface area contributed by atoms with Crippen LogP contribution in [-0.4, -0.2) is 29.6 Å². The number of aromatic hydroxyl groups is 1. The zero-order chi connectivity index (χ0) is 17.0. The maximum absolute atomic E-state index is 12.0. The molecule has 1 aliphatic rings. The van der Waals surface area contributed by atoms with E-state index in [1.165, 1.54) is 24.6 Å². The summed E-state index contributed by atoms with van der Waals surface area (Å²) in [7, 11) is 0. The third kappa shape index (κ3) is 4.61. The van der Waals surface area contributed by atoms with Crippen molar-refractivity contribution in [2.45, 2.75) is 39.2 Å². The summed E-state index contributed by atoms with van der Waals surface area (Å²) in [6.07, 6.45) is 3.22. The lowest BCUT2D eigenvalue weighted by Gasteiger charge is -2.34. The van der Waals surface area contributed by atoms with E-state index < -0.39 is 5.97 Å². The van der Waals surface area contributed by atoms with Gasteiger partial charge in [0.15, 0.2) is 6.61 Å². The fourth-order valence-electron chi connectivity index (χ4n) is 2.92. The predicted octanol–water partition coefficient (Wildman–Crippen LogP) is 3.14. The molecule has 0 spiro atoms. The van der Waals surface area contributed by atoms with Crippen LogP contribution in [0.15, 0.2) is 18.2 Å². The fraction of sp³-hybridized carbons (Fsp3) is 0.529. The van der Waals surface area contributed by atoms with Crippen molar-refractivity contribution < 1.29 is 19.4 Å². The molecule has 6 heteroatoms. The monoisotopic (exact) mass is 339 g/mol. The maximum atomic E-state index is 12.0. The molecule has 1 aliphatic carbocycles. The molecule has 0 aliphatic heterocycles. The highest BCUT2D eigenvalue weighted by molar-refractivity contribution is 6.30. The van der Waals surface area contributed by atoms with Gasteiger partial charge in [-0.3, -0.25) is 4.79 Å². The molecule has 1 aromatic rings. The van der Waals surface area contributed by atoms with Crippen molar-refractivity contribution >= 4 is 23.5 Å². The van der Waals surface area contributed by atoms with Crippen LogP contribution in [0.1, 0.15) is 43.5 Å². The average Bonchev–Trinajstić information content (AvgIpc) is 2.49. The number of carbonyl (C=O) groups excluding carboxylic acids is 2. The molecule has 0 saturated heterocycles. The second-order valence-corrected chi connectivity index (χ2v) is 6.62. The number of halogens is 1. The Morgan fingerprint density at radius 2 is 2.09 bits per heavy atom. The minimum atomic E-state index is -0.751. The van der Waals surface area contributed by atoms with Crippen LogP contribution in [0.3, 0.4) is 0 Å². The Morgan fingerprint density at radius 1 is 1.35 bits per heavy atom. The van der Waals surface area contributed by atoms with Crippen LogP contribution < -0.4 is 5.32 Å². The quantitative estimate of drug-likeness (QED) is 0.826. The second-order valence-electron chi connectivity index (χ2n) is 6.18.